The minimum absolute atomic E-state index is 0.248. The molecule has 0 bridgehead atoms. The minimum Gasteiger partial charge on any atom is -0.475 e. The zero-order valence-corrected chi connectivity index (χ0v) is 14.1. The monoisotopic (exact) mass is 356 g/mol. The normalized spacial score (nSPS) is 27.3. The van der Waals surface area contributed by atoms with E-state index in [1.54, 1.807) is 0 Å². The predicted octanol–water partition coefficient (Wildman–Crippen LogP) is 2.12. The molecule has 2 heterocycles. The molecule has 2 unspecified atom stereocenters. The van der Waals surface area contributed by atoms with Crippen LogP contribution >= 0.6 is 11.8 Å². The molecule has 9 heteroatoms. The van der Waals surface area contributed by atoms with Crippen LogP contribution in [0, 0.1) is 0 Å². The molecule has 0 saturated carbocycles. The number of carbonyl (C=O) groups excluding carboxylic acids is 1. The van der Waals surface area contributed by atoms with E-state index >= 15 is 0 Å². The zero-order valence-electron chi connectivity index (χ0n) is 13.3. The smallest absolute Gasteiger partial charge is 0.475 e. The summed E-state index contributed by atoms with van der Waals surface area (Å²) in [6.07, 6.45) is -0.873. The number of nitrogens with zero attached hydrogens (tertiary/aromatic N) is 1. The second-order valence-electron chi connectivity index (χ2n) is 5.70. The summed E-state index contributed by atoms with van der Waals surface area (Å²) in [4.78, 5) is 23.4. The van der Waals surface area contributed by atoms with Crippen molar-refractivity contribution in [3.8, 4) is 0 Å². The Balaban J connectivity index is 0.000000322. The maximum atomic E-state index is 12.5. The number of hydrogen-bond donors (Lipinski definition) is 2. The Morgan fingerprint density at radius 1 is 1.43 bits per heavy atom. The lowest BCUT2D eigenvalue weighted by atomic mass is 9.92. The van der Waals surface area contributed by atoms with E-state index in [2.05, 4.69) is 12.2 Å². The maximum absolute atomic E-state index is 12.5. The Morgan fingerprint density at radius 3 is 2.39 bits per heavy atom. The van der Waals surface area contributed by atoms with Gasteiger partial charge in [0.15, 0.2) is 0 Å². The van der Waals surface area contributed by atoms with Crippen LogP contribution < -0.4 is 5.32 Å². The molecule has 23 heavy (non-hydrogen) atoms. The van der Waals surface area contributed by atoms with Crippen molar-refractivity contribution < 1.29 is 27.9 Å². The van der Waals surface area contributed by atoms with Gasteiger partial charge in [0.05, 0.1) is 5.54 Å². The van der Waals surface area contributed by atoms with Gasteiger partial charge < -0.3 is 15.3 Å². The highest BCUT2D eigenvalue weighted by Gasteiger charge is 2.42. The quantitative estimate of drug-likeness (QED) is 0.811. The molecular formula is C14H23F3N2O3S. The van der Waals surface area contributed by atoms with Crippen LogP contribution in [-0.4, -0.2) is 64.7 Å². The molecule has 0 aromatic heterocycles. The lowest BCUT2D eigenvalue weighted by Gasteiger charge is -2.34. The fourth-order valence-corrected chi connectivity index (χ4v) is 4.04. The molecule has 0 aromatic rings. The van der Waals surface area contributed by atoms with Gasteiger partial charge >= 0.3 is 12.1 Å². The molecule has 5 nitrogen and oxygen atoms in total. The van der Waals surface area contributed by atoms with E-state index in [-0.39, 0.29) is 5.54 Å². The van der Waals surface area contributed by atoms with E-state index < -0.39 is 12.1 Å². The molecule has 1 amide bonds. The number of thioether (sulfide) groups is 1. The second kappa shape index (κ2) is 8.23. The van der Waals surface area contributed by atoms with Crippen molar-refractivity contribution in [2.24, 2.45) is 0 Å². The van der Waals surface area contributed by atoms with E-state index in [0.717, 1.165) is 38.0 Å². The largest absolute Gasteiger partial charge is 0.490 e. The van der Waals surface area contributed by atoms with Gasteiger partial charge in [-0.3, -0.25) is 4.79 Å². The number of hydrogen-bond acceptors (Lipinski definition) is 4. The number of rotatable bonds is 3. The molecular weight excluding hydrogens is 333 g/mol. The Morgan fingerprint density at radius 2 is 2.04 bits per heavy atom. The number of carboxylic acids is 1. The van der Waals surface area contributed by atoms with Crippen molar-refractivity contribution in [2.45, 2.75) is 50.4 Å². The Kier molecular flexibility index (Phi) is 7.19. The third-order valence-corrected chi connectivity index (χ3v) is 5.42. The first kappa shape index (κ1) is 20.1. The fourth-order valence-electron chi connectivity index (χ4n) is 2.77. The molecule has 2 fully saturated rings. The Hall–Kier alpha value is -0.960. The molecule has 0 spiro atoms. The maximum Gasteiger partial charge on any atom is 0.490 e. The summed E-state index contributed by atoms with van der Waals surface area (Å²) in [5.74, 6) is -0.121. The van der Waals surface area contributed by atoms with Crippen LogP contribution in [0.15, 0.2) is 0 Å². The molecule has 2 aliphatic heterocycles. The average molecular weight is 356 g/mol. The molecule has 0 aliphatic carbocycles. The lowest BCUT2D eigenvalue weighted by molar-refractivity contribution is -0.192. The summed E-state index contributed by atoms with van der Waals surface area (Å²) in [6, 6.07) is 0.461. The number of carboxylic acid groups (broad SMARTS) is 1. The van der Waals surface area contributed by atoms with Crippen molar-refractivity contribution in [3.63, 3.8) is 0 Å². The summed E-state index contributed by atoms with van der Waals surface area (Å²) >= 11 is 1.96. The Bertz CT molecular complexity index is 420. The highest BCUT2D eigenvalue weighted by molar-refractivity contribution is 7.99. The molecule has 0 radical (unpaired) electrons. The van der Waals surface area contributed by atoms with E-state index in [0.29, 0.717) is 11.9 Å². The number of amides is 1. The first-order chi connectivity index (χ1) is 10.6. The van der Waals surface area contributed by atoms with Crippen molar-refractivity contribution >= 4 is 23.6 Å². The van der Waals surface area contributed by atoms with Crippen LogP contribution in [0.2, 0.25) is 0 Å². The van der Waals surface area contributed by atoms with Crippen LogP contribution in [0.25, 0.3) is 0 Å². The molecule has 0 aromatic carbocycles. The van der Waals surface area contributed by atoms with Crippen LogP contribution in [0.4, 0.5) is 13.2 Å². The summed E-state index contributed by atoms with van der Waals surface area (Å²) in [6.45, 7) is 3.11. The highest BCUT2D eigenvalue weighted by Crippen LogP contribution is 2.28. The van der Waals surface area contributed by atoms with Gasteiger partial charge in [-0.25, -0.2) is 4.79 Å². The van der Waals surface area contributed by atoms with E-state index in [1.165, 1.54) is 5.75 Å². The van der Waals surface area contributed by atoms with Gasteiger partial charge in [0.1, 0.15) is 0 Å². The van der Waals surface area contributed by atoms with Gasteiger partial charge in [-0.1, -0.05) is 6.92 Å². The molecule has 2 rings (SSSR count). The first-order valence-electron chi connectivity index (χ1n) is 7.54. The molecule has 2 atom stereocenters. The molecule has 2 saturated heterocycles. The molecule has 2 N–H and O–H groups in total. The summed E-state index contributed by atoms with van der Waals surface area (Å²) in [5.41, 5.74) is -0.248. The number of aliphatic carboxylic acids is 1. The van der Waals surface area contributed by atoms with E-state index in [4.69, 9.17) is 9.90 Å². The third kappa shape index (κ3) is 5.27. The number of carbonyl (C=O) groups is 2. The molecule has 134 valence electrons. The van der Waals surface area contributed by atoms with Crippen molar-refractivity contribution in [1.82, 2.24) is 10.2 Å². The van der Waals surface area contributed by atoms with Crippen molar-refractivity contribution in [2.75, 3.05) is 25.1 Å². The van der Waals surface area contributed by atoms with Gasteiger partial charge in [-0.2, -0.15) is 24.9 Å². The Labute approximate surface area is 138 Å². The number of nitrogens with one attached hydrogen (secondary N) is 1. The van der Waals surface area contributed by atoms with Crippen LogP contribution in [0.3, 0.4) is 0 Å². The zero-order chi connectivity index (χ0) is 17.7. The third-order valence-electron chi connectivity index (χ3n) is 4.27. The lowest BCUT2D eigenvalue weighted by Crippen LogP contribution is -2.55. The number of likely N-dealkylation sites (N-methyl/N-ethyl adjacent to an activating group) is 1. The number of alkyl halides is 3. The predicted molar refractivity (Wildman–Crippen MR) is 82.4 cm³/mol. The van der Waals surface area contributed by atoms with Crippen LogP contribution in [0.1, 0.15) is 32.6 Å². The van der Waals surface area contributed by atoms with Gasteiger partial charge in [0.25, 0.3) is 0 Å². The number of halogens is 3. The van der Waals surface area contributed by atoms with Crippen molar-refractivity contribution in [1.29, 1.82) is 0 Å². The van der Waals surface area contributed by atoms with Gasteiger partial charge in [0.2, 0.25) is 5.91 Å². The summed E-state index contributed by atoms with van der Waals surface area (Å²) in [5, 5.41) is 10.6. The van der Waals surface area contributed by atoms with Gasteiger partial charge in [0, 0.05) is 18.8 Å². The summed E-state index contributed by atoms with van der Waals surface area (Å²) < 4.78 is 31.7. The minimum atomic E-state index is -5.08. The van der Waals surface area contributed by atoms with Crippen LogP contribution in [0.5, 0.6) is 0 Å². The fraction of sp³-hybridized carbons (Fsp3) is 0.857. The standard InChI is InChI=1S/C12H22N2OS.C2HF3O2/c1-3-12(6-4-7-13-12)11(15)14(2)10-5-8-16-9-10;3-2(4,5)1(6)7/h10,13H,3-9H2,1-2H3;(H,6,7). The van der Waals surface area contributed by atoms with Crippen LogP contribution in [-0.2, 0) is 9.59 Å². The van der Waals surface area contributed by atoms with Crippen molar-refractivity contribution in [3.05, 3.63) is 0 Å². The average Bonchev–Trinajstić information content (AvgIpc) is 3.17. The highest BCUT2D eigenvalue weighted by atomic mass is 32.2. The van der Waals surface area contributed by atoms with E-state index in [1.807, 2.05) is 23.7 Å². The van der Waals surface area contributed by atoms with E-state index in [9.17, 15) is 18.0 Å². The topological polar surface area (TPSA) is 69.6 Å². The molecule has 2 aliphatic rings. The SMILES string of the molecule is CCC1(C(=O)N(C)C2CCSC2)CCCN1.O=C(O)C(F)(F)F. The summed E-state index contributed by atoms with van der Waals surface area (Å²) in [7, 11) is 1.98. The second-order valence-corrected chi connectivity index (χ2v) is 6.85. The van der Waals surface area contributed by atoms with Gasteiger partial charge in [-0.15, -0.1) is 0 Å². The first-order valence-corrected chi connectivity index (χ1v) is 8.69. The van der Waals surface area contributed by atoms with Gasteiger partial charge in [-0.05, 0) is 38.0 Å².